The highest BCUT2D eigenvalue weighted by Crippen LogP contribution is 2.49. The number of ether oxygens (including phenoxy) is 6. The zero-order valence-electron chi connectivity index (χ0n) is 24.1. The van der Waals surface area contributed by atoms with E-state index in [4.69, 9.17) is 28.4 Å². The van der Waals surface area contributed by atoms with Gasteiger partial charge in [-0.25, -0.2) is 9.59 Å². The average Bonchev–Trinajstić information content (AvgIpc) is 3.33. The van der Waals surface area contributed by atoms with Crippen LogP contribution in [0, 0.1) is 5.92 Å². The summed E-state index contributed by atoms with van der Waals surface area (Å²) in [6.45, 7) is 5.42. The Hall–Kier alpha value is -3.87. The standard InChI is InChI=1S/C29H36N2O11/c1-15(32)38-23-24(39-16(2)33)26(40-17(3)34)28(41-25(23)27(35)37-4)42-29(36)31-12-11-30-13-18-7-5-9-20(18)21-10-6-8-19(14-31)22(21)30/h6,8,10,18,20,23-26,28H,5,7,9,11-14H2,1-4H3/t18-,20-,23?,24?,25?,26?,28?/m0/s1. The number of carbonyl (C=O) groups is 5. The molecule has 1 aliphatic carbocycles. The maximum Gasteiger partial charge on any atom is 0.412 e. The minimum atomic E-state index is -1.69. The van der Waals surface area contributed by atoms with Gasteiger partial charge in [0.1, 0.15) is 0 Å². The molecule has 1 aromatic rings. The average molecular weight is 589 g/mol. The maximum absolute atomic E-state index is 13.6. The number of anilines is 1. The van der Waals surface area contributed by atoms with Crippen molar-refractivity contribution < 1.29 is 52.4 Å². The third kappa shape index (κ3) is 5.87. The van der Waals surface area contributed by atoms with Crippen LogP contribution in [0.5, 0.6) is 0 Å². The molecule has 0 bridgehead atoms. The fraction of sp³-hybridized carbons (Fsp3) is 0.621. The van der Waals surface area contributed by atoms with Gasteiger partial charge in [0.05, 0.1) is 13.7 Å². The molecule has 1 saturated carbocycles. The summed E-state index contributed by atoms with van der Waals surface area (Å²) >= 11 is 0. The van der Waals surface area contributed by atoms with E-state index in [-0.39, 0.29) is 6.54 Å². The Morgan fingerprint density at radius 3 is 2.24 bits per heavy atom. The van der Waals surface area contributed by atoms with E-state index >= 15 is 0 Å². The lowest BCUT2D eigenvalue weighted by molar-refractivity contribution is -0.289. The molecular weight excluding hydrogens is 552 g/mol. The van der Waals surface area contributed by atoms with Gasteiger partial charge in [-0.05, 0) is 35.8 Å². The van der Waals surface area contributed by atoms with Crippen molar-refractivity contribution in [1.29, 1.82) is 0 Å². The third-order valence-corrected chi connectivity index (χ3v) is 8.29. The summed E-state index contributed by atoms with van der Waals surface area (Å²) in [5.41, 5.74) is 3.49. The van der Waals surface area contributed by atoms with E-state index in [0.717, 1.165) is 46.4 Å². The molecule has 1 saturated heterocycles. The molecule has 7 atom stereocenters. The van der Waals surface area contributed by atoms with E-state index in [1.165, 1.54) is 29.0 Å². The highest BCUT2D eigenvalue weighted by atomic mass is 16.8. The molecular formula is C29H36N2O11. The van der Waals surface area contributed by atoms with Gasteiger partial charge in [-0.2, -0.15) is 0 Å². The molecule has 2 fully saturated rings. The van der Waals surface area contributed by atoms with Crippen LogP contribution in [0.15, 0.2) is 18.2 Å². The monoisotopic (exact) mass is 588 g/mol. The predicted octanol–water partition coefficient (Wildman–Crippen LogP) is 2.04. The molecule has 4 aliphatic rings. The number of rotatable bonds is 5. The largest absolute Gasteiger partial charge is 0.467 e. The Balaban J connectivity index is 1.42. The highest BCUT2D eigenvalue weighted by Gasteiger charge is 2.56. The number of amides is 1. The summed E-state index contributed by atoms with van der Waals surface area (Å²) in [6, 6.07) is 6.20. The SMILES string of the molecule is COC(=O)C1OC(OC(=O)N2CCN3C[C@@H]4CCC[C@@H]4c4cccc(c43)C2)C(OC(C)=O)C(OC(C)=O)C1OC(C)=O. The van der Waals surface area contributed by atoms with Gasteiger partial charge in [-0.15, -0.1) is 0 Å². The molecule has 5 unspecified atom stereocenters. The van der Waals surface area contributed by atoms with Crippen LogP contribution in [0.4, 0.5) is 10.5 Å². The number of carbonyl (C=O) groups excluding carboxylic acids is 5. The van der Waals surface area contributed by atoms with Crippen molar-refractivity contribution in [1.82, 2.24) is 4.90 Å². The van der Waals surface area contributed by atoms with Gasteiger partial charge in [0, 0.05) is 46.1 Å². The molecule has 3 heterocycles. The molecule has 5 rings (SSSR count). The molecule has 228 valence electrons. The van der Waals surface area contributed by atoms with E-state index in [9.17, 15) is 24.0 Å². The van der Waals surface area contributed by atoms with Gasteiger partial charge >= 0.3 is 30.0 Å². The second-order valence-electron chi connectivity index (χ2n) is 11.1. The molecule has 1 amide bonds. The fourth-order valence-corrected chi connectivity index (χ4v) is 6.70. The first-order valence-electron chi connectivity index (χ1n) is 14.1. The van der Waals surface area contributed by atoms with Crippen molar-refractivity contribution in [3.63, 3.8) is 0 Å². The number of esters is 4. The van der Waals surface area contributed by atoms with Crippen LogP contribution < -0.4 is 4.90 Å². The van der Waals surface area contributed by atoms with Crippen LogP contribution in [-0.4, -0.2) is 92.3 Å². The van der Waals surface area contributed by atoms with E-state index in [2.05, 4.69) is 11.0 Å². The third-order valence-electron chi connectivity index (χ3n) is 8.29. The second-order valence-corrected chi connectivity index (χ2v) is 11.1. The van der Waals surface area contributed by atoms with Crippen molar-refractivity contribution in [3.05, 3.63) is 29.3 Å². The Bertz CT molecular complexity index is 1250. The molecule has 0 N–H and O–H groups in total. The summed E-state index contributed by atoms with van der Waals surface area (Å²) < 4.78 is 32.3. The molecule has 1 aromatic carbocycles. The van der Waals surface area contributed by atoms with Gasteiger partial charge < -0.3 is 38.2 Å². The first-order chi connectivity index (χ1) is 20.1. The summed E-state index contributed by atoms with van der Waals surface area (Å²) in [5.74, 6) is -2.31. The lowest BCUT2D eigenvalue weighted by Crippen LogP contribution is -2.64. The first kappa shape index (κ1) is 29.6. The zero-order chi connectivity index (χ0) is 30.1. The molecule has 42 heavy (non-hydrogen) atoms. The Morgan fingerprint density at radius 1 is 0.857 bits per heavy atom. The quantitative estimate of drug-likeness (QED) is 0.366. The molecule has 13 heteroatoms. The van der Waals surface area contributed by atoms with Gasteiger partial charge in [0.15, 0.2) is 18.3 Å². The van der Waals surface area contributed by atoms with E-state index in [1.807, 2.05) is 12.1 Å². The lowest BCUT2D eigenvalue weighted by Gasteiger charge is -2.43. The normalized spacial score (nSPS) is 29.8. The minimum absolute atomic E-state index is 0.269. The van der Waals surface area contributed by atoms with E-state index in [0.29, 0.717) is 24.9 Å². The van der Waals surface area contributed by atoms with Crippen molar-refractivity contribution in [3.8, 4) is 0 Å². The molecule has 0 radical (unpaired) electrons. The summed E-state index contributed by atoms with van der Waals surface area (Å²) in [5, 5.41) is 0. The number of para-hydroxylation sites is 1. The Morgan fingerprint density at radius 2 is 1.55 bits per heavy atom. The van der Waals surface area contributed by atoms with Crippen molar-refractivity contribution in [2.24, 2.45) is 5.92 Å². The van der Waals surface area contributed by atoms with Crippen molar-refractivity contribution in [2.45, 2.75) is 83.2 Å². The topological polar surface area (TPSA) is 147 Å². The zero-order valence-corrected chi connectivity index (χ0v) is 24.1. The number of benzene rings is 1. The summed E-state index contributed by atoms with van der Waals surface area (Å²) in [4.78, 5) is 66.2. The van der Waals surface area contributed by atoms with Crippen LogP contribution in [0.1, 0.15) is 57.1 Å². The fourth-order valence-electron chi connectivity index (χ4n) is 6.70. The van der Waals surface area contributed by atoms with Crippen molar-refractivity contribution >= 4 is 35.7 Å². The Kier molecular flexibility index (Phi) is 8.58. The minimum Gasteiger partial charge on any atom is -0.467 e. The van der Waals surface area contributed by atoms with Gasteiger partial charge in [0.25, 0.3) is 0 Å². The summed E-state index contributed by atoms with van der Waals surface area (Å²) in [6.07, 6.45) is -5.20. The first-order valence-corrected chi connectivity index (χ1v) is 14.1. The second kappa shape index (κ2) is 12.2. The van der Waals surface area contributed by atoms with Crippen LogP contribution in [0.2, 0.25) is 0 Å². The van der Waals surface area contributed by atoms with E-state index in [1.54, 1.807) is 0 Å². The molecule has 0 spiro atoms. The number of fused-ring (bicyclic) bond motifs is 2. The molecule has 13 nitrogen and oxygen atoms in total. The number of hydrogen-bond donors (Lipinski definition) is 0. The van der Waals surface area contributed by atoms with Crippen LogP contribution >= 0.6 is 0 Å². The predicted molar refractivity (Wildman–Crippen MR) is 143 cm³/mol. The summed E-state index contributed by atoms with van der Waals surface area (Å²) in [7, 11) is 1.09. The maximum atomic E-state index is 13.6. The highest BCUT2D eigenvalue weighted by molar-refractivity contribution is 5.77. The van der Waals surface area contributed by atoms with Gasteiger partial charge in [0.2, 0.25) is 12.4 Å². The van der Waals surface area contributed by atoms with Crippen LogP contribution in [0.25, 0.3) is 0 Å². The lowest BCUT2D eigenvalue weighted by atomic mass is 9.82. The van der Waals surface area contributed by atoms with Crippen LogP contribution in [0.3, 0.4) is 0 Å². The molecule has 3 aliphatic heterocycles. The number of hydrogen-bond acceptors (Lipinski definition) is 12. The van der Waals surface area contributed by atoms with Crippen LogP contribution in [-0.2, 0) is 54.1 Å². The molecule has 0 aromatic heterocycles. The Labute approximate surface area is 243 Å². The number of methoxy groups -OCH3 is 1. The van der Waals surface area contributed by atoms with Gasteiger partial charge in [-0.3, -0.25) is 14.4 Å². The van der Waals surface area contributed by atoms with Gasteiger partial charge in [-0.1, -0.05) is 24.6 Å². The smallest absolute Gasteiger partial charge is 0.412 e. The van der Waals surface area contributed by atoms with Crippen molar-refractivity contribution in [2.75, 3.05) is 31.6 Å². The van der Waals surface area contributed by atoms with E-state index < -0.39 is 60.7 Å². The number of nitrogens with zero attached hydrogens (tertiary/aromatic N) is 2.